The Hall–Kier alpha value is -2.95. The van der Waals surface area contributed by atoms with Gasteiger partial charge in [0.1, 0.15) is 12.3 Å². The molecule has 11 heteroatoms. The van der Waals surface area contributed by atoms with Crippen molar-refractivity contribution in [2.75, 3.05) is 37.9 Å². The topological polar surface area (TPSA) is 115 Å². The molecule has 0 unspecified atom stereocenters. The van der Waals surface area contributed by atoms with Gasteiger partial charge < -0.3 is 25.4 Å². The van der Waals surface area contributed by atoms with E-state index in [1.165, 1.54) is 6.20 Å². The maximum absolute atomic E-state index is 12.7. The molecule has 0 bridgehead atoms. The summed E-state index contributed by atoms with van der Waals surface area (Å²) in [5.41, 5.74) is 2.94. The largest absolute Gasteiger partial charge is 0.475 e. The highest BCUT2D eigenvalue weighted by molar-refractivity contribution is 6.29. The number of aromatic nitrogens is 4. The van der Waals surface area contributed by atoms with E-state index in [1.807, 2.05) is 20.9 Å². The molecule has 0 aromatic carbocycles. The van der Waals surface area contributed by atoms with Crippen LogP contribution in [-0.4, -0.2) is 52.9 Å². The van der Waals surface area contributed by atoms with E-state index in [2.05, 4.69) is 31.0 Å². The minimum atomic E-state index is -0.482. The number of carbonyl (C=O) groups is 1. The third-order valence-corrected chi connectivity index (χ3v) is 4.49. The molecule has 0 aliphatic rings. The predicted molar refractivity (Wildman–Crippen MR) is 114 cm³/mol. The number of aryl methyl sites for hydroxylation is 1. The van der Waals surface area contributed by atoms with Crippen molar-refractivity contribution in [2.24, 2.45) is 0 Å². The van der Waals surface area contributed by atoms with Gasteiger partial charge in [-0.25, -0.2) is 19.3 Å². The average molecular weight is 434 g/mol. The second-order valence-electron chi connectivity index (χ2n) is 6.57. The minimum absolute atomic E-state index is 0.294. The number of hydrogen-bond acceptors (Lipinski definition) is 7. The van der Waals surface area contributed by atoms with Crippen molar-refractivity contribution in [3.05, 3.63) is 40.9 Å². The van der Waals surface area contributed by atoms with E-state index < -0.39 is 6.03 Å². The van der Waals surface area contributed by atoms with Gasteiger partial charge in [0.25, 0.3) is 0 Å². The number of likely N-dealkylation sites (N-methyl/N-ethyl adjacent to an activating group) is 1. The Morgan fingerprint density at radius 2 is 2.00 bits per heavy atom. The molecule has 0 fully saturated rings. The molecule has 3 rings (SSSR count). The molecule has 0 saturated heterocycles. The zero-order chi connectivity index (χ0) is 21.7. The van der Waals surface area contributed by atoms with E-state index in [-0.39, 0.29) is 6.10 Å². The molecule has 0 aliphatic heterocycles. The van der Waals surface area contributed by atoms with E-state index in [1.54, 1.807) is 30.0 Å². The van der Waals surface area contributed by atoms with Crippen LogP contribution in [0.25, 0.3) is 5.65 Å². The summed E-state index contributed by atoms with van der Waals surface area (Å²) >= 11 is 6.01. The van der Waals surface area contributed by atoms with Crippen molar-refractivity contribution < 1.29 is 14.3 Å². The van der Waals surface area contributed by atoms with Crippen LogP contribution < -0.4 is 20.7 Å². The first kappa shape index (κ1) is 21.8. The lowest BCUT2D eigenvalue weighted by molar-refractivity contribution is 0.114. The van der Waals surface area contributed by atoms with Crippen molar-refractivity contribution in [1.29, 1.82) is 0 Å². The van der Waals surface area contributed by atoms with E-state index in [0.29, 0.717) is 46.9 Å². The number of nitrogens with zero attached hydrogens (tertiary/aromatic N) is 4. The molecule has 0 spiro atoms. The SMILES string of the molecule is CNCCOc1ncc(C)cc1NC(=O)Nc1cnc2cc(Cl)nn2c1[C@H](C)OC. The smallest absolute Gasteiger partial charge is 0.323 e. The summed E-state index contributed by atoms with van der Waals surface area (Å²) in [6, 6.07) is 2.93. The van der Waals surface area contributed by atoms with Crippen molar-refractivity contribution in [2.45, 2.75) is 20.0 Å². The molecule has 3 heterocycles. The number of carbonyl (C=O) groups excluding carboxylic acids is 1. The number of ether oxygens (including phenoxy) is 2. The normalized spacial score (nSPS) is 12.0. The molecule has 1 atom stereocenters. The molecule has 0 aliphatic carbocycles. The highest BCUT2D eigenvalue weighted by Gasteiger charge is 2.19. The van der Waals surface area contributed by atoms with Crippen LogP contribution in [0.5, 0.6) is 5.88 Å². The molecular formula is C19H24ClN7O3. The number of halogens is 1. The van der Waals surface area contributed by atoms with Crippen LogP contribution in [0.3, 0.4) is 0 Å². The second kappa shape index (κ2) is 9.70. The molecule has 10 nitrogen and oxygen atoms in total. The van der Waals surface area contributed by atoms with Gasteiger partial charge in [-0.1, -0.05) is 11.6 Å². The maximum atomic E-state index is 12.7. The number of urea groups is 1. The van der Waals surface area contributed by atoms with Crippen molar-refractivity contribution >= 4 is 34.7 Å². The van der Waals surface area contributed by atoms with Gasteiger partial charge in [-0.15, -0.1) is 0 Å². The first-order chi connectivity index (χ1) is 14.4. The molecular weight excluding hydrogens is 410 g/mol. The molecule has 0 saturated carbocycles. The fourth-order valence-electron chi connectivity index (χ4n) is 2.81. The minimum Gasteiger partial charge on any atom is -0.475 e. The lowest BCUT2D eigenvalue weighted by atomic mass is 10.2. The van der Waals surface area contributed by atoms with E-state index >= 15 is 0 Å². The number of anilines is 2. The molecule has 3 N–H and O–H groups in total. The lowest BCUT2D eigenvalue weighted by Crippen LogP contribution is -2.23. The molecule has 2 amide bonds. The van der Waals surface area contributed by atoms with E-state index in [4.69, 9.17) is 21.1 Å². The van der Waals surface area contributed by atoms with Gasteiger partial charge >= 0.3 is 6.03 Å². The van der Waals surface area contributed by atoms with Crippen LogP contribution in [0, 0.1) is 6.92 Å². The van der Waals surface area contributed by atoms with Gasteiger partial charge in [0.15, 0.2) is 10.8 Å². The zero-order valence-corrected chi connectivity index (χ0v) is 17.9. The first-order valence-electron chi connectivity index (χ1n) is 9.32. The van der Waals surface area contributed by atoms with Gasteiger partial charge in [0.05, 0.1) is 23.7 Å². The van der Waals surface area contributed by atoms with Crippen molar-refractivity contribution in [1.82, 2.24) is 24.9 Å². The van der Waals surface area contributed by atoms with E-state index in [9.17, 15) is 4.79 Å². The van der Waals surface area contributed by atoms with Gasteiger partial charge in [-0.3, -0.25) is 0 Å². The fraction of sp³-hybridized carbons (Fsp3) is 0.368. The summed E-state index contributed by atoms with van der Waals surface area (Å²) in [4.78, 5) is 21.3. The quantitative estimate of drug-likeness (QED) is 0.467. The molecule has 160 valence electrons. The number of pyridine rings is 1. The van der Waals surface area contributed by atoms with Gasteiger partial charge in [-0.2, -0.15) is 5.10 Å². The average Bonchev–Trinajstić information content (AvgIpc) is 3.09. The molecule has 3 aromatic rings. The Morgan fingerprint density at radius 1 is 1.23 bits per heavy atom. The standard InChI is InChI=1S/C19H24ClN7O3/c1-11-7-13(18(23-9-11)30-6-5-21-3)24-19(28)25-14-10-22-16-8-15(20)26-27(16)17(14)12(2)29-4/h7-10,12,21H,5-6H2,1-4H3,(H2,24,25,28)/t12-/m0/s1. The zero-order valence-electron chi connectivity index (χ0n) is 17.2. The van der Waals surface area contributed by atoms with Gasteiger partial charge in [0, 0.05) is 25.9 Å². The number of nitrogens with one attached hydrogen (secondary N) is 3. The van der Waals surface area contributed by atoms with E-state index in [0.717, 1.165) is 5.56 Å². The molecule has 30 heavy (non-hydrogen) atoms. The third kappa shape index (κ3) is 4.96. The third-order valence-electron chi connectivity index (χ3n) is 4.30. The Kier molecular flexibility index (Phi) is 7.03. The number of rotatable bonds is 8. The summed E-state index contributed by atoms with van der Waals surface area (Å²) in [5.74, 6) is 0.337. The maximum Gasteiger partial charge on any atom is 0.323 e. The van der Waals surface area contributed by atoms with Crippen molar-refractivity contribution in [3.63, 3.8) is 0 Å². The van der Waals surface area contributed by atoms with Crippen LogP contribution in [0.1, 0.15) is 24.3 Å². The first-order valence-corrected chi connectivity index (χ1v) is 9.69. The van der Waals surface area contributed by atoms with Crippen LogP contribution in [0.4, 0.5) is 16.2 Å². The van der Waals surface area contributed by atoms with Crippen LogP contribution >= 0.6 is 11.6 Å². The molecule has 3 aromatic heterocycles. The second-order valence-corrected chi connectivity index (χ2v) is 6.96. The highest BCUT2D eigenvalue weighted by atomic mass is 35.5. The van der Waals surface area contributed by atoms with Gasteiger partial charge in [-0.05, 0) is 32.5 Å². The fourth-order valence-corrected chi connectivity index (χ4v) is 2.98. The number of methoxy groups -OCH3 is 1. The van der Waals surface area contributed by atoms with Crippen molar-refractivity contribution in [3.8, 4) is 5.88 Å². The number of amides is 2. The lowest BCUT2D eigenvalue weighted by Gasteiger charge is -2.17. The summed E-state index contributed by atoms with van der Waals surface area (Å²) in [7, 11) is 3.40. The summed E-state index contributed by atoms with van der Waals surface area (Å²) in [6.07, 6.45) is 2.84. The number of hydrogen-bond donors (Lipinski definition) is 3. The van der Waals surface area contributed by atoms with Crippen LogP contribution in [0.2, 0.25) is 5.15 Å². The summed E-state index contributed by atoms with van der Waals surface area (Å²) in [5, 5.41) is 13.1. The highest BCUT2D eigenvalue weighted by Crippen LogP contribution is 2.27. The Labute approximate surface area is 178 Å². The molecule has 0 radical (unpaired) electrons. The van der Waals surface area contributed by atoms with Gasteiger partial charge in [0.2, 0.25) is 5.88 Å². The predicted octanol–water partition coefficient (Wildman–Crippen LogP) is 3.04. The monoisotopic (exact) mass is 433 g/mol. The van der Waals surface area contributed by atoms with Crippen LogP contribution in [0.15, 0.2) is 24.5 Å². The summed E-state index contributed by atoms with van der Waals surface area (Å²) < 4.78 is 12.6. The Bertz CT molecular complexity index is 1040. The summed E-state index contributed by atoms with van der Waals surface area (Å²) in [6.45, 7) is 4.79. The Balaban J connectivity index is 1.85. The van der Waals surface area contributed by atoms with Crippen LogP contribution in [-0.2, 0) is 4.74 Å². The number of fused-ring (bicyclic) bond motifs is 1. The Morgan fingerprint density at radius 3 is 2.73 bits per heavy atom.